The fraction of sp³-hybridized carbons (Fsp3) is 0.571. The van der Waals surface area contributed by atoms with E-state index in [1.807, 2.05) is 0 Å². The van der Waals surface area contributed by atoms with Crippen LogP contribution in [0.3, 0.4) is 0 Å². The van der Waals surface area contributed by atoms with Gasteiger partial charge in [0.05, 0.1) is 13.2 Å². The highest BCUT2D eigenvalue weighted by Crippen LogP contribution is 2.40. The van der Waals surface area contributed by atoms with Gasteiger partial charge in [-0.25, -0.2) is 0 Å². The minimum Gasteiger partial charge on any atom is -0.494 e. The second kappa shape index (κ2) is 19.7. The van der Waals surface area contributed by atoms with Crippen molar-refractivity contribution in [2.45, 2.75) is 143 Å². The van der Waals surface area contributed by atoms with Crippen LogP contribution >= 0.6 is 0 Å². The first kappa shape index (κ1) is 39.3. The van der Waals surface area contributed by atoms with E-state index in [-0.39, 0.29) is 0 Å². The summed E-state index contributed by atoms with van der Waals surface area (Å²) < 4.78 is 12.5. The molecule has 0 aliphatic heterocycles. The minimum atomic E-state index is -1.87. The number of hydrogen-bond acceptors (Lipinski definition) is 2. The molecule has 4 heteroatoms. The Bertz CT molecular complexity index is 1390. The smallest absolute Gasteiger partial charge is 0.146 e. The normalized spacial score (nSPS) is 11.4. The average molecular weight is 655 g/mol. The standard InChI is InChI=1S/C42H62O2Si2/c1-12-14-16-18-24-43-41-30-37(28-39(32-41)22-26-45(9,10)11)20-21-38-29-40(33-42(31-38)44-25-19-17-15-13-2)23-27-46(34(3)4,35(5)6)36(7)8/h28-36H,12-19,24-25H2,1-11H3. The molecular formula is C42H62O2Si2. The zero-order valence-electron chi connectivity index (χ0n) is 31.1. The van der Waals surface area contributed by atoms with Gasteiger partial charge in [0, 0.05) is 22.3 Å². The summed E-state index contributed by atoms with van der Waals surface area (Å²) in [6, 6.07) is 12.5. The van der Waals surface area contributed by atoms with Crippen LogP contribution in [0.5, 0.6) is 11.5 Å². The van der Waals surface area contributed by atoms with Gasteiger partial charge in [0.15, 0.2) is 0 Å². The Kier molecular flexibility index (Phi) is 16.9. The van der Waals surface area contributed by atoms with Gasteiger partial charge < -0.3 is 9.47 Å². The van der Waals surface area contributed by atoms with E-state index in [9.17, 15) is 0 Å². The average Bonchev–Trinajstić information content (AvgIpc) is 2.98. The third kappa shape index (κ3) is 13.5. The van der Waals surface area contributed by atoms with Crippen LogP contribution in [-0.4, -0.2) is 29.4 Å². The Labute approximate surface area is 285 Å². The van der Waals surface area contributed by atoms with E-state index >= 15 is 0 Å². The molecule has 0 radical (unpaired) electrons. The molecule has 2 aromatic carbocycles. The van der Waals surface area contributed by atoms with Crippen LogP contribution in [0.1, 0.15) is 129 Å². The zero-order chi connectivity index (χ0) is 34.2. The highest BCUT2D eigenvalue weighted by molar-refractivity contribution is 6.90. The Morgan fingerprint density at radius 2 is 0.870 bits per heavy atom. The molecule has 0 aliphatic rings. The molecule has 0 saturated heterocycles. The predicted molar refractivity (Wildman–Crippen MR) is 206 cm³/mol. The van der Waals surface area contributed by atoms with Gasteiger partial charge in [-0.05, 0) is 65.9 Å². The van der Waals surface area contributed by atoms with E-state index in [0.29, 0.717) is 29.8 Å². The first-order valence-corrected chi connectivity index (χ1v) is 23.7. The van der Waals surface area contributed by atoms with Gasteiger partial charge in [-0.15, -0.1) is 11.1 Å². The molecule has 0 aliphatic carbocycles. The van der Waals surface area contributed by atoms with E-state index < -0.39 is 16.1 Å². The summed E-state index contributed by atoms with van der Waals surface area (Å²) in [6.45, 7) is 26.9. The van der Waals surface area contributed by atoms with E-state index in [0.717, 1.165) is 46.6 Å². The first-order valence-electron chi connectivity index (χ1n) is 17.9. The fourth-order valence-electron chi connectivity index (χ4n) is 6.11. The van der Waals surface area contributed by atoms with Gasteiger partial charge in [0.1, 0.15) is 27.6 Å². The van der Waals surface area contributed by atoms with E-state index in [2.05, 4.69) is 146 Å². The molecule has 0 unspecified atom stereocenters. The topological polar surface area (TPSA) is 18.5 Å². The van der Waals surface area contributed by atoms with Crippen LogP contribution in [0.15, 0.2) is 36.4 Å². The Hall–Kier alpha value is -2.85. The van der Waals surface area contributed by atoms with Crippen LogP contribution in [0.2, 0.25) is 36.3 Å². The quantitative estimate of drug-likeness (QED) is 0.108. The molecule has 46 heavy (non-hydrogen) atoms. The molecule has 0 N–H and O–H groups in total. The Morgan fingerprint density at radius 3 is 1.22 bits per heavy atom. The molecule has 0 saturated carbocycles. The fourth-order valence-corrected chi connectivity index (χ4v) is 11.9. The molecule has 0 fully saturated rings. The lowest BCUT2D eigenvalue weighted by atomic mass is 10.1. The molecule has 0 heterocycles. The van der Waals surface area contributed by atoms with Gasteiger partial charge in [-0.2, -0.15) is 0 Å². The molecular weight excluding hydrogens is 593 g/mol. The van der Waals surface area contributed by atoms with E-state index in [1.165, 1.54) is 38.5 Å². The first-order chi connectivity index (χ1) is 21.8. The SMILES string of the molecule is CCCCCCOc1cc(C#Cc2cc(C#C[Si](C(C)C)(C(C)C)C(C)C)cc(OCCCCCC)c2)cc(C#C[Si](C)(C)C)c1. The van der Waals surface area contributed by atoms with Crippen LogP contribution in [0.4, 0.5) is 0 Å². The van der Waals surface area contributed by atoms with Gasteiger partial charge >= 0.3 is 0 Å². The molecule has 0 bridgehead atoms. The van der Waals surface area contributed by atoms with Crippen molar-refractivity contribution in [1.29, 1.82) is 0 Å². The lowest BCUT2D eigenvalue weighted by molar-refractivity contribution is 0.305. The number of benzene rings is 2. The highest BCUT2D eigenvalue weighted by Gasteiger charge is 2.41. The van der Waals surface area contributed by atoms with Crippen molar-refractivity contribution in [3.05, 3.63) is 58.7 Å². The molecule has 2 aromatic rings. The number of unbranched alkanes of at least 4 members (excludes halogenated alkanes) is 6. The lowest BCUT2D eigenvalue weighted by Crippen LogP contribution is -2.43. The summed E-state index contributed by atoms with van der Waals surface area (Å²) in [6.07, 6.45) is 9.41. The summed E-state index contributed by atoms with van der Waals surface area (Å²) in [4.78, 5) is 0. The van der Waals surface area contributed by atoms with Gasteiger partial charge in [0.25, 0.3) is 0 Å². The van der Waals surface area contributed by atoms with Gasteiger partial charge in [-0.3, -0.25) is 0 Å². The third-order valence-corrected chi connectivity index (χ3v) is 15.7. The summed E-state index contributed by atoms with van der Waals surface area (Å²) in [5.74, 6) is 15.6. The molecule has 0 aromatic heterocycles. The van der Waals surface area contributed by atoms with Gasteiger partial charge in [0.2, 0.25) is 0 Å². The monoisotopic (exact) mass is 654 g/mol. The van der Waals surface area contributed by atoms with Crippen molar-refractivity contribution in [2.24, 2.45) is 0 Å². The van der Waals surface area contributed by atoms with Crippen molar-refractivity contribution in [3.8, 4) is 46.3 Å². The largest absolute Gasteiger partial charge is 0.494 e. The minimum absolute atomic E-state index is 0.580. The molecule has 2 nitrogen and oxygen atoms in total. The summed E-state index contributed by atoms with van der Waals surface area (Å²) in [5.41, 5.74) is 12.9. The van der Waals surface area contributed by atoms with Crippen LogP contribution in [-0.2, 0) is 0 Å². The molecule has 0 atom stereocenters. The van der Waals surface area contributed by atoms with Crippen LogP contribution < -0.4 is 9.47 Å². The van der Waals surface area contributed by atoms with Crippen molar-refractivity contribution in [1.82, 2.24) is 0 Å². The lowest BCUT2D eigenvalue weighted by Gasteiger charge is -2.38. The maximum absolute atomic E-state index is 6.28. The molecule has 0 amide bonds. The maximum Gasteiger partial charge on any atom is 0.146 e. The zero-order valence-corrected chi connectivity index (χ0v) is 33.1. The second-order valence-electron chi connectivity index (χ2n) is 14.7. The second-order valence-corrected chi connectivity index (χ2v) is 25.0. The molecule has 250 valence electrons. The third-order valence-electron chi connectivity index (χ3n) is 8.57. The van der Waals surface area contributed by atoms with Crippen molar-refractivity contribution in [3.63, 3.8) is 0 Å². The van der Waals surface area contributed by atoms with Gasteiger partial charge in [-0.1, -0.05) is 137 Å². The van der Waals surface area contributed by atoms with E-state index in [4.69, 9.17) is 9.47 Å². The highest BCUT2D eigenvalue weighted by atomic mass is 28.3. The summed E-state index contributed by atoms with van der Waals surface area (Å²) in [7, 11) is -3.39. The van der Waals surface area contributed by atoms with Crippen LogP contribution in [0, 0.1) is 34.8 Å². The summed E-state index contributed by atoms with van der Waals surface area (Å²) in [5, 5.41) is 0. The predicted octanol–water partition coefficient (Wildman–Crippen LogP) is 11.8. The molecule has 2 rings (SSSR count). The Balaban J connectivity index is 2.54. The Morgan fingerprint density at radius 1 is 0.500 bits per heavy atom. The number of rotatable bonds is 15. The van der Waals surface area contributed by atoms with Crippen molar-refractivity contribution >= 4 is 16.1 Å². The van der Waals surface area contributed by atoms with Crippen molar-refractivity contribution < 1.29 is 9.47 Å². The summed E-state index contributed by atoms with van der Waals surface area (Å²) >= 11 is 0. The van der Waals surface area contributed by atoms with Crippen LogP contribution in [0.25, 0.3) is 0 Å². The van der Waals surface area contributed by atoms with E-state index in [1.54, 1.807) is 0 Å². The number of hydrogen-bond donors (Lipinski definition) is 0. The number of ether oxygens (including phenoxy) is 2. The van der Waals surface area contributed by atoms with Crippen molar-refractivity contribution in [2.75, 3.05) is 13.2 Å². The maximum atomic E-state index is 6.28. The molecule has 0 spiro atoms.